The number of rotatable bonds is 9. The lowest BCUT2D eigenvalue weighted by Crippen LogP contribution is -2.39. The van der Waals surface area contributed by atoms with Crippen LogP contribution in [0.25, 0.3) is 22.5 Å². The number of aryl methyl sites for hydroxylation is 2. The van der Waals surface area contributed by atoms with Gasteiger partial charge in [0.05, 0.1) is 11.4 Å². The van der Waals surface area contributed by atoms with Crippen LogP contribution in [0.2, 0.25) is 0 Å². The van der Waals surface area contributed by atoms with Crippen molar-refractivity contribution in [2.45, 2.75) is 70.9 Å². The summed E-state index contributed by atoms with van der Waals surface area (Å²) in [6, 6.07) is 16.8. The predicted octanol–water partition coefficient (Wildman–Crippen LogP) is 6.09. The monoisotopic (exact) mass is 473 g/mol. The molecular weight excluding hydrogens is 438 g/mol. The Hall–Kier alpha value is -3.25. The molecule has 4 rings (SSSR count). The van der Waals surface area contributed by atoms with Gasteiger partial charge in [0.15, 0.2) is 5.82 Å². The highest BCUT2D eigenvalue weighted by Gasteiger charge is 2.33. The van der Waals surface area contributed by atoms with Crippen LogP contribution in [0.15, 0.2) is 48.5 Å². The smallest absolute Gasteiger partial charge is 0.303 e. The zero-order valence-electron chi connectivity index (χ0n) is 20.9. The van der Waals surface area contributed by atoms with Gasteiger partial charge in [-0.3, -0.25) is 4.79 Å². The molecule has 1 aliphatic rings. The zero-order valence-corrected chi connectivity index (χ0v) is 20.9. The fraction of sp³-hybridized carbons (Fsp3) is 0.414. The number of unbranched alkanes of at least 4 members (excludes halogenated alkanes) is 3. The van der Waals surface area contributed by atoms with Crippen LogP contribution in [0, 0.1) is 13.8 Å². The van der Waals surface area contributed by atoms with Gasteiger partial charge in [-0.1, -0.05) is 78.9 Å². The number of aliphatic hydroxyl groups excluding tert-OH is 1. The number of carboxylic acids is 1. The molecule has 1 aromatic heterocycles. The number of aliphatic carboxylic acids is 1. The van der Waals surface area contributed by atoms with E-state index in [0.29, 0.717) is 18.5 Å². The fourth-order valence-corrected chi connectivity index (χ4v) is 4.77. The van der Waals surface area contributed by atoms with Crippen LogP contribution in [0.1, 0.15) is 67.9 Å². The zero-order chi connectivity index (χ0) is 24.9. The highest BCUT2D eigenvalue weighted by molar-refractivity contribution is 5.80. The summed E-state index contributed by atoms with van der Waals surface area (Å²) in [4.78, 5) is 23.0. The van der Waals surface area contributed by atoms with E-state index in [4.69, 9.17) is 15.1 Å². The second-order valence-corrected chi connectivity index (χ2v) is 9.72. The van der Waals surface area contributed by atoms with Gasteiger partial charge >= 0.3 is 5.97 Å². The quantitative estimate of drug-likeness (QED) is 0.366. The Bertz CT molecular complexity index is 1160. The van der Waals surface area contributed by atoms with Crippen LogP contribution < -0.4 is 4.90 Å². The molecule has 1 aliphatic heterocycles. The van der Waals surface area contributed by atoms with Crippen molar-refractivity contribution in [3.63, 3.8) is 0 Å². The Labute approximate surface area is 207 Å². The first kappa shape index (κ1) is 24.9. The van der Waals surface area contributed by atoms with Gasteiger partial charge < -0.3 is 15.1 Å². The summed E-state index contributed by atoms with van der Waals surface area (Å²) in [5, 5.41) is 19.9. The molecule has 0 saturated carbocycles. The summed E-state index contributed by atoms with van der Waals surface area (Å²) in [6.45, 7) is 4.13. The van der Waals surface area contributed by atoms with Crippen molar-refractivity contribution in [1.82, 2.24) is 9.97 Å². The Balaban J connectivity index is 1.63. The molecular formula is C29H35N3O3. The molecule has 2 heterocycles. The van der Waals surface area contributed by atoms with Crippen molar-refractivity contribution in [3.8, 4) is 22.5 Å². The van der Waals surface area contributed by atoms with E-state index >= 15 is 0 Å². The van der Waals surface area contributed by atoms with Gasteiger partial charge in [-0.15, -0.1) is 0 Å². The third-order valence-electron chi connectivity index (χ3n) is 6.92. The number of anilines is 1. The molecule has 0 aliphatic carbocycles. The number of fused-ring (bicyclic) bond motifs is 1. The lowest BCUT2D eigenvalue weighted by Gasteiger charge is -2.37. The number of carbonyl (C=O) groups is 1. The average molecular weight is 474 g/mol. The van der Waals surface area contributed by atoms with Crippen molar-refractivity contribution in [2.75, 3.05) is 11.9 Å². The molecule has 35 heavy (non-hydrogen) atoms. The van der Waals surface area contributed by atoms with Crippen LogP contribution in [-0.4, -0.2) is 39.2 Å². The summed E-state index contributed by atoms with van der Waals surface area (Å²) in [7, 11) is 2.04. The molecule has 0 spiro atoms. The highest BCUT2D eigenvalue weighted by atomic mass is 16.4. The molecule has 6 nitrogen and oxygen atoms in total. The first-order valence-electron chi connectivity index (χ1n) is 12.5. The van der Waals surface area contributed by atoms with Gasteiger partial charge in [0.25, 0.3) is 0 Å². The lowest BCUT2D eigenvalue weighted by atomic mass is 9.94. The van der Waals surface area contributed by atoms with Gasteiger partial charge in [-0.05, 0) is 33.1 Å². The van der Waals surface area contributed by atoms with Crippen molar-refractivity contribution in [3.05, 3.63) is 65.4 Å². The third-order valence-corrected chi connectivity index (χ3v) is 6.92. The molecule has 6 heteroatoms. The van der Waals surface area contributed by atoms with E-state index in [9.17, 15) is 9.90 Å². The number of nitrogens with zero attached hydrogens (tertiary/aromatic N) is 3. The van der Waals surface area contributed by atoms with Gasteiger partial charge in [-0.2, -0.15) is 0 Å². The molecule has 0 fully saturated rings. The average Bonchev–Trinajstić information content (AvgIpc) is 2.84. The Kier molecular flexibility index (Phi) is 7.81. The highest BCUT2D eigenvalue weighted by Crippen LogP contribution is 2.40. The van der Waals surface area contributed by atoms with Crippen LogP contribution >= 0.6 is 0 Å². The molecule has 0 saturated heterocycles. The van der Waals surface area contributed by atoms with Gasteiger partial charge in [0.1, 0.15) is 11.8 Å². The Morgan fingerprint density at radius 1 is 0.886 bits per heavy atom. The maximum atomic E-state index is 11.1. The van der Waals surface area contributed by atoms with Crippen molar-refractivity contribution < 1.29 is 15.0 Å². The summed E-state index contributed by atoms with van der Waals surface area (Å²) < 4.78 is 0. The largest absolute Gasteiger partial charge is 0.481 e. The molecule has 3 aromatic rings. The second kappa shape index (κ2) is 11.0. The summed E-state index contributed by atoms with van der Waals surface area (Å²) in [5.41, 5.74) is 6.61. The maximum Gasteiger partial charge on any atom is 0.303 e. The second-order valence-electron chi connectivity index (χ2n) is 9.72. The minimum absolute atomic E-state index is 0.169. The number of hydrogen-bond donors (Lipinski definition) is 2. The molecule has 0 bridgehead atoms. The van der Waals surface area contributed by atoms with Crippen molar-refractivity contribution in [2.24, 2.45) is 0 Å². The predicted molar refractivity (Wildman–Crippen MR) is 139 cm³/mol. The minimum Gasteiger partial charge on any atom is -0.481 e. The van der Waals surface area contributed by atoms with E-state index in [1.807, 2.05) is 7.05 Å². The number of aromatic nitrogens is 2. The van der Waals surface area contributed by atoms with E-state index in [1.165, 1.54) is 11.1 Å². The molecule has 2 atom stereocenters. The Morgan fingerprint density at radius 3 is 2.00 bits per heavy atom. The number of hydrogen-bond acceptors (Lipinski definition) is 5. The van der Waals surface area contributed by atoms with Crippen LogP contribution in [-0.2, 0) is 4.79 Å². The molecule has 0 radical (unpaired) electrons. The molecule has 2 aromatic carbocycles. The maximum absolute atomic E-state index is 11.1. The lowest BCUT2D eigenvalue weighted by molar-refractivity contribution is -0.137. The van der Waals surface area contributed by atoms with E-state index in [0.717, 1.165) is 54.0 Å². The Morgan fingerprint density at radius 2 is 1.43 bits per heavy atom. The van der Waals surface area contributed by atoms with Gasteiger partial charge in [0, 0.05) is 30.6 Å². The van der Waals surface area contributed by atoms with Crippen LogP contribution in [0.4, 0.5) is 5.82 Å². The summed E-state index contributed by atoms with van der Waals surface area (Å²) in [6.07, 6.45) is 4.74. The normalized spacial score (nSPS) is 17.3. The first-order valence-corrected chi connectivity index (χ1v) is 12.5. The standard InChI is InChI=1S/C29H35N3O3/c1-19-10-14-21(15-11-19)26-27(22-16-12-20(2)13-17-22)31-29-28(30-26)24(33)18-23(32(29)3)8-6-4-5-7-9-25(34)35/h10-17,23-24,33H,4-9,18H2,1-3H3,(H,34,35). The van der Waals surface area contributed by atoms with Crippen LogP contribution in [0.3, 0.4) is 0 Å². The summed E-state index contributed by atoms with van der Waals surface area (Å²) in [5.74, 6) is 0.00997. The molecule has 2 N–H and O–H groups in total. The van der Waals surface area contributed by atoms with Gasteiger partial charge in [0.2, 0.25) is 0 Å². The molecule has 2 unspecified atom stereocenters. The number of aliphatic hydroxyl groups is 1. The number of benzene rings is 2. The first-order chi connectivity index (χ1) is 16.8. The number of carboxylic acid groups (broad SMARTS) is 1. The minimum atomic E-state index is -0.732. The van der Waals surface area contributed by atoms with Crippen molar-refractivity contribution >= 4 is 11.8 Å². The molecule has 0 amide bonds. The summed E-state index contributed by atoms with van der Waals surface area (Å²) >= 11 is 0. The van der Waals surface area contributed by atoms with Crippen molar-refractivity contribution in [1.29, 1.82) is 0 Å². The topological polar surface area (TPSA) is 86.6 Å². The van der Waals surface area contributed by atoms with E-state index < -0.39 is 12.1 Å². The fourth-order valence-electron chi connectivity index (χ4n) is 4.77. The van der Waals surface area contributed by atoms with E-state index in [1.54, 1.807) is 0 Å². The molecule has 184 valence electrons. The van der Waals surface area contributed by atoms with Crippen LogP contribution in [0.5, 0.6) is 0 Å². The third kappa shape index (κ3) is 5.88. The van der Waals surface area contributed by atoms with E-state index in [2.05, 4.69) is 67.3 Å². The SMILES string of the molecule is Cc1ccc(-c2nc3c(nc2-c2ccc(C)cc2)N(C)C(CCCCCCC(=O)O)CC3O)cc1. The van der Waals surface area contributed by atoms with Gasteiger partial charge in [-0.25, -0.2) is 9.97 Å². The van der Waals surface area contributed by atoms with E-state index in [-0.39, 0.29) is 12.5 Å².